The molecular weight excluding hydrogens is 379 g/mol. The first kappa shape index (κ1) is 20.0. The second kappa shape index (κ2) is 7.52. The van der Waals surface area contributed by atoms with Gasteiger partial charge in [0.25, 0.3) is 0 Å². The Morgan fingerprint density at radius 3 is 2.90 bits per heavy atom. The number of rotatable bonds is 5. The van der Waals surface area contributed by atoms with E-state index in [1.54, 1.807) is 0 Å². The molecule has 1 aromatic carbocycles. The lowest BCUT2D eigenvalue weighted by Crippen LogP contribution is -2.50. The number of carbonyl (C=O) groups is 1. The summed E-state index contributed by atoms with van der Waals surface area (Å²) in [7, 11) is 0. The molecule has 1 aliphatic carbocycles. The van der Waals surface area contributed by atoms with Crippen molar-refractivity contribution in [2.45, 2.75) is 51.4 Å². The van der Waals surface area contributed by atoms with Crippen LogP contribution >= 0.6 is 0 Å². The molecule has 4 rings (SSSR count). The second-order valence-corrected chi connectivity index (χ2v) is 8.17. The lowest BCUT2D eigenvalue weighted by Gasteiger charge is -2.42. The van der Waals surface area contributed by atoms with Gasteiger partial charge in [-0.2, -0.15) is 13.2 Å². The average molecular weight is 405 g/mol. The van der Waals surface area contributed by atoms with Gasteiger partial charge >= 0.3 is 6.18 Å². The number of alkyl halides is 3. The first-order chi connectivity index (χ1) is 13.8. The Morgan fingerprint density at radius 2 is 2.17 bits per heavy atom. The van der Waals surface area contributed by atoms with Crippen LogP contribution in [0.4, 0.5) is 13.2 Å². The summed E-state index contributed by atoms with van der Waals surface area (Å²) in [6.45, 7) is 4.13. The van der Waals surface area contributed by atoms with Gasteiger partial charge in [0.05, 0.1) is 12.3 Å². The van der Waals surface area contributed by atoms with Gasteiger partial charge in [-0.15, -0.1) is 0 Å². The van der Waals surface area contributed by atoms with Crippen molar-refractivity contribution in [1.82, 2.24) is 15.2 Å². The number of nitrogens with zero attached hydrogens (tertiary/aromatic N) is 1. The van der Waals surface area contributed by atoms with E-state index in [1.807, 2.05) is 49.2 Å². The number of halogens is 3. The maximum Gasteiger partial charge on any atom is 0.390 e. The monoisotopic (exact) mass is 405 g/mol. The van der Waals surface area contributed by atoms with Crippen LogP contribution in [0, 0.1) is 5.92 Å². The van der Waals surface area contributed by atoms with Crippen LogP contribution in [-0.2, 0) is 11.2 Å². The molecule has 1 aromatic heterocycles. The van der Waals surface area contributed by atoms with Gasteiger partial charge in [0, 0.05) is 42.3 Å². The van der Waals surface area contributed by atoms with Crippen molar-refractivity contribution in [2.24, 2.45) is 5.92 Å². The molecule has 0 radical (unpaired) electrons. The molecule has 0 bridgehead atoms. The number of H-pyrrole nitrogens is 1. The summed E-state index contributed by atoms with van der Waals surface area (Å²) in [5.41, 5.74) is 4.13. The molecule has 0 fully saturated rings. The van der Waals surface area contributed by atoms with Gasteiger partial charge in [-0.25, -0.2) is 0 Å². The smallest absolute Gasteiger partial charge is 0.361 e. The Morgan fingerprint density at radius 1 is 1.38 bits per heavy atom. The molecule has 2 aliphatic rings. The molecule has 156 valence electrons. The number of carbonyl (C=O) groups excluding carboxylic acids is 1. The van der Waals surface area contributed by atoms with E-state index in [9.17, 15) is 18.0 Å². The summed E-state index contributed by atoms with van der Waals surface area (Å²) < 4.78 is 38.9. The van der Waals surface area contributed by atoms with Gasteiger partial charge in [0.15, 0.2) is 0 Å². The molecule has 0 unspecified atom stereocenters. The van der Waals surface area contributed by atoms with Crippen LogP contribution in [0.25, 0.3) is 16.5 Å². The number of aromatic nitrogens is 1. The highest BCUT2D eigenvalue weighted by Gasteiger charge is 2.39. The molecule has 29 heavy (non-hydrogen) atoms. The first-order valence-electron chi connectivity index (χ1n) is 10.2. The second-order valence-electron chi connectivity index (χ2n) is 8.17. The van der Waals surface area contributed by atoms with E-state index in [1.165, 1.54) is 0 Å². The maximum atomic E-state index is 13.0. The summed E-state index contributed by atoms with van der Waals surface area (Å²) in [6, 6.07) is 5.85. The highest BCUT2D eigenvalue weighted by Crippen LogP contribution is 2.41. The number of fused-ring (bicyclic) bond motifs is 2. The number of benzene rings is 1. The zero-order valence-electron chi connectivity index (χ0n) is 16.6. The van der Waals surface area contributed by atoms with E-state index >= 15 is 0 Å². The molecule has 4 nitrogen and oxygen atoms in total. The number of hydrogen-bond donors (Lipinski definition) is 2. The van der Waals surface area contributed by atoms with Crippen LogP contribution in [0.3, 0.4) is 0 Å². The van der Waals surface area contributed by atoms with Crippen LogP contribution in [0.5, 0.6) is 0 Å². The summed E-state index contributed by atoms with van der Waals surface area (Å²) in [6.07, 6.45) is 0.304. The molecule has 1 aliphatic heterocycles. The first-order valence-corrected chi connectivity index (χ1v) is 10.2. The zero-order chi connectivity index (χ0) is 20.8. The van der Waals surface area contributed by atoms with Crippen LogP contribution in [0.1, 0.15) is 37.8 Å². The van der Waals surface area contributed by atoms with E-state index in [4.69, 9.17) is 0 Å². The van der Waals surface area contributed by atoms with E-state index in [0.717, 1.165) is 34.0 Å². The normalized spacial score (nSPS) is 22.9. The fraction of sp³-hybridized carbons (Fsp3) is 0.500. The van der Waals surface area contributed by atoms with Crippen molar-refractivity contribution in [3.8, 4) is 0 Å². The van der Waals surface area contributed by atoms with Crippen LogP contribution in [0.15, 0.2) is 30.5 Å². The number of aromatic amines is 1. The summed E-state index contributed by atoms with van der Waals surface area (Å²) in [4.78, 5) is 17.9. The largest absolute Gasteiger partial charge is 0.390 e. The molecule has 1 amide bonds. The van der Waals surface area contributed by atoms with Gasteiger partial charge < -0.3 is 10.3 Å². The lowest BCUT2D eigenvalue weighted by molar-refractivity contribution is -0.139. The van der Waals surface area contributed by atoms with Crippen molar-refractivity contribution in [3.05, 3.63) is 41.6 Å². The number of nitrogens with one attached hydrogen (secondary N) is 2. The van der Waals surface area contributed by atoms with Crippen LogP contribution in [-0.4, -0.2) is 47.1 Å². The summed E-state index contributed by atoms with van der Waals surface area (Å²) >= 11 is 0. The van der Waals surface area contributed by atoms with Gasteiger partial charge in [-0.05, 0) is 42.5 Å². The molecule has 0 spiro atoms. The molecular formula is C22H26F3N3O. The van der Waals surface area contributed by atoms with E-state index in [2.05, 4.69) is 10.3 Å². The Hall–Kier alpha value is -2.28. The quantitative estimate of drug-likeness (QED) is 0.780. The van der Waals surface area contributed by atoms with Gasteiger partial charge in [-0.3, -0.25) is 9.69 Å². The molecule has 0 saturated heterocycles. The van der Waals surface area contributed by atoms with Crippen molar-refractivity contribution < 1.29 is 18.0 Å². The third kappa shape index (κ3) is 3.92. The van der Waals surface area contributed by atoms with Crippen molar-refractivity contribution in [2.75, 3.05) is 13.1 Å². The van der Waals surface area contributed by atoms with Crippen molar-refractivity contribution in [3.63, 3.8) is 0 Å². The molecule has 2 heterocycles. The van der Waals surface area contributed by atoms with Crippen LogP contribution in [0.2, 0.25) is 0 Å². The molecule has 2 N–H and O–H groups in total. The Kier molecular flexibility index (Phi) is 5.19. The number of amides is 1. The van der Waals surface area contributed by atoms with Crippen molar-refractivity contribution in [1.29, 1.82) is 0 Å². The number of hydrogen-bond acceptors (Lipinski definition) is 2. The predicted molar refractivity (Wildman–Crippen MR) is 107 cm³/mol. The molecule has 3 atom stereocenters. The Bertz CT molecular complexity index is 946. The topological polar surface area (TPSA) is 48.1 Å². The fourth-order valence-electron chi connectivity index (χ4n) is 4.46. The van der Waals surface area contributed by atoms with E-state index in [0.29, 0.717) is 13.0 Å². The molecule has 7 heteroatoms. The lowest BCUT2D eigenvalue weighted by atomic mass is 9.79. The van der Waals surface area contributed by atoms with E-state index < -0.39 is 18.5 Å². The zero-order valence-corrected chi connectivity index (χ0v) is 16.6. The molecule has 2 aromatic rings. The van der Waals surface area contributed by atoms with Gasteiger partial charge in [-0.1, -0.05) is 25.1 Å². The highest BCUT2D eigenvalue weighted by molar-refractivity contribution is 5.99. The third-order valence-corrected chi connectivity index (χ3v) is 6.14. The van der Waals surface area contributed by atoms with Crippen LogP contribution < -0.4 is 5.32 Å². The Balaban J connectivity index is 1.71. The molecule has 0 saturated carbocycles. The predicted octanol–water partition coefficient (Wildman–Crippen LogP) is 4.27. The standard InChI is InChI=1S/C22H26F3N3O/c1-3-13(2)27-21(29)15-9-17-16-5-4-6-18-20(16)14(11-26-18)10-19(17)28(12-15)8-7-22(23,24)25/h4-6,9,11,13,15,19,26H,3,7-8,10,12H2,1-2H3,(H,27,29)/t13-,15-,19-/m1/s1. The summed E-state index contributed by atoms with van der Waals surface area (Å²) in [5, 5.41) is 4.11. The maximum absolute atomic E-state index is 13.0. The third-order valence-electron chi connectivity index (χ3n) is 6.14. The highest BCUT2D eigenvalue weighted by atomic mass is 19.4. The average Bonchev–Trinajstić information content (AvgIpc) is 3.10. The van der Waals surface area contributed by atoms with Crippen molar-refractivity contribution >= 4 is 22.4 Å². The minimum Gasteiger partial charge on any atom is -0.361 e. The SMILES string of the molecule is CC[C@@H](C)NC(=O)[C@@H]1C=C2c3cccc4[nH]cc(c34)C[C@H]2N(CCC(F)(F)F)C1. The summed E-state index contributed by atoms with van der Waals surface area (Å²) in [5.74, 6) is -0.575. The fourth-order valence-corrected chi connectivity index (χ4v) is 4.46. The minimum atomic E-state index is -4.22. The minimum absolute atomic E-state index is 0.0355. The Labute approximate surface area is 168 Å². The van der Waals surface area contributed by atoms with E-state index in [-0.39, 0.29) is 24.5 Å². The van der Waals surface area contributed by atoms with Gasteiger partial charge in [0.1, 0.15) is 0 Å². The van der Waals surface area contributed by atoms with Gasteiger partial charge in [0.2, 0.25) is 5.91 Å².